The van der Waals surface area contributed by atoms with E-state index in [0.717, 1.165) is 5.56 Å². The van der Waals surface area contributed by atoms with Crippen molar-refractivity contribution < 1.29 is 24.2 Å². The molecule has 0 saturated heterocycles. The summed E-state index contributed by atoms with van der Waals surface area (Å²) in [6, 6.07) is 10.7. The summed E-state index contributed by atoms with van der Waals surface area (Å²) in [5.41, 5.74) is 1.94. The molecule has 1 aliphatic rings. The lowest BCUT2D eigenvalue weighted by Gasteiger charge is -2.28. The van der Waals surface area contributed by atoms with Gasteiger partial charge in [-0.15, -0.1) is 0 Å². The summed E-state index contributed by atoms with van der Waals surface area (Å²) in [5.74, 6) is -0.836. The van der Waals surface area contributed by atoms with E-state index in [9.17, 15) is 14.7 Å². The predicted octanol–water partition coefficient (Wildman–Crippen LogP) is 2.02. The quantitative estimate of drug-likeness (QED) is 0.469. The molecule has 0 aliphatic carbocycles. The number of fused-ring (bicyclic) bond motifs is 1. The lowest BCUT2D eigenvalue weighted by atomic mass is 9.89. The molecule has 0 fully saturated rings. The average Bonchev–Trinajstić information content (AvgIpc) is 3.26. The second-order valence-electron chi connectivity index (χ2n) is 6.88. The SMILES string of the molecule is COC(=O)C1=C(C(=O)c2ccc(C)cc2)[C@H](c2ccc(O)c(OC)c2)n2nnnc2N1. The van der Waals surface area contributed by atoms with Crippen LogP contribution in [0.4, 0.5) is 5.95 Å². The summed E-state index contributed by atoms with van der Waals surface area (Å²) >= 11 is 0. The van der Waals surface area contributed by atoms with Crippen LogP contribution in [0, 0.1) is 6.92 Å². The molecule has 0 unspecified atom stereocenters. The molecule has 0 radical (unpaired) electrons. The number of carbonyl (C=O) groups is 2. The first-order valence-corrected chi connectivity index (χ1v) is 9.30. The monoisotopic (exact) mass is 421 g/mol. The largest absolute Gasteiger partial charge is 0.504 e. The van der Waals surface area contributed by atoms with Gasteiger partial charge in [-0.2, -0.15) is 4.68 Å². The highest BCUT2D eigenvalue weighted by Gasteiger charge is 2.38. The van der Waals surface area contributed by atoms with E-state index >= 15 is 0 Å². The van der Waals surface area contributed by atoms with E-state index in [2.05, 4.69) is 20.8 Å². The third-order valence-corrected chi connectivity index (χ3v) is 4.98. The molecule has 4 rings (SSSR count). The van der Waals surface area contributed by atoms with Crippen LogP contribution in [-0.4, -0.2) is 51.3 Å². The Bertz CT molecular complexity index is 1200. The highest BCUT2D eigenvalue weighted by Crippen LogP contribution is 2.39. The second kappa shape index (κ2) is 7.90. The van der Waals surface area contributed by atoms with Crippen molar-refractivity contribution in [2.75, 3.05) is 19.5 Å². The molecular formula is C21H19N5O5. The number of anilines is 1. The molecule has 2 heterocycles. The van der Waals surface area contributed by atoms with Crippen molar-refractivity contribution in [3.05, 3.63) is 70.4 Å². The average molecular weight is 421 g/mol. The van der Waals surface area contributed by atoms with Crippen molar-refractivity contribution in [2.45, 2.75) is 13.0 Å². The van der Waals surface area contributed by atoms with E-state index in [1.54, 1.807) is 24.3 Å². The Morgan fingerprint density at radius 2 is 1.87 bits per heavy atom. The molecule has 3 aromatic rings. The number of rotatable bonds is 5. The number of phenolic OH excluding ortho intramolecular Hbond substituents is 1. The number of tetrazole rings is 1. The van der Waals surface area contributed by atoms with Crippen LogP contribution in [-0.2, 0) is 9.53 Å². The number of hydrogen-bond acceptors (Lipinski definition) is 9. The number of aromatic hydroxyl groups is 1. The number of aromatic nitrogens is 4. The van der Waals surface area contributed by atoms with Gasteiger partial charge in [0.25, 0.3) is 0 Å². The van der Waals surface area contributed by atoms with Gasteiger partial charge in [0, 0.05) is 5.56 Å². The zero-order valence-corrected chi connectivity index (χ0v) is 17.0. The van der Waals surface area contributed by atoms with Crippen LogP contribution in [0.5, 0.6) is 11.5 Å². The van der Waals surface area contributed by atoms with Crippen molar-refractivity contribution in [3.63, 3.8) is 0 Å². The smallest absolute Gasteiger partial charge is 0.355 e. The van der Waals surface area contributed by atoms with Gasteiger partial charge >= 0.3 is 5.97 Å². The number of nitrogens with zero attached hydrogens (tertiary/aromatic N) is 4. The number of benzene rings is 2. The van der Waals surface area contributed by atoms with Crippen LogP contribution >= 0.6 is 0 Å². The van der Waals surface area contributed by atoms with Gasteiger partial charge in [0.2, 0.25) is 5.95 Å². The Morgan fingerprint density at radius 3 is 2.55 bits per heavy atom. The van der Waals surface area contributed by atoms with E-state index in [1.165, 1.54) is 25.0 Å². The van der Waals surface area contributed by atoms with Crippen molar-refractivity contribution in [2.24, 2.45) is 0 Å². The van der Waals surface area contributed by atoms with Crippen molar-refractivity contribution in [3.8, 4) is 11.5 Å². The minimum atomic E-state index is -0.872. The Labute approximate surface area is 177 Å². The molecule has 0 bridgehead atoms. The lowest BCUT2D eigenvalue weighted by Crippen LogP contribution is -2.33. The van der Waals surface area contributed by atoms with Crippen LogP contribution in [0.25, 0.3) is 0 Å². The normalized spacial score (nSPS) is 15.1. The number of allylic oxidation sites excluding steroid dienone is 1. The number of carbonyl (C=O) groups excluding carboxylic acids is 2. The maximum absolute atomic E-state index is 13.6. The van der Waals surface area contributed by atoms with Gasteiger partial charge < -0.3 is 19.9 Å². The van der Waals surface area contributed by atoms with Gasteiger partial charge in [0.1, 0.15) is 11.7 Å². The number of ether oxygens (including phenoxy) is 2. The van der Waals surface area contributed by atoms with E-state index in [4.69, 9.17) is 9.47 Å². The first-order valence-electron chi connectivity index (χ1n) is 9.30. The van der Waals surface area contributed by atoms with E-state index in [1.807, 2.05) is 19.1 Å². The van der Waals surface area contributed by atoms with Crippen LogP contribution in [0.2, 0.25) is 0 Å². The molecule has 10 heteroatoms. The molecule has 158 valence electrons. The van der Waals surface area contributed by atoms with Crippen LogP contribution in [0.15, 0.2) is 53.7 Å². The number of esters is 1. The number of aryl methyl sites for hydroxylation is 1. The maximum Gasteiger partial charge on any atom is 0.355 e. The molecule has 0 amide bonds. The van der Waals surface area contributed by atoms with Crippen molar-refractivity contribution >= 4 is 17.7 Å². The molecule has 31 heavy (non-hydrogen) atoms. The molecule has 1 atom stereocenters. The summed E-state index contributed by atoms with van der Waals surface area (Å²) in [7, 11) is 2.64. The molecule has 2 N–H and O–H groups in total. The lowest BCUT2D eigenvalue weighted by molar-refractivity contribution is -0.136. The Morgan fingerprint density at radius 1 is 1.13 bits per heavy atom. The topological polar surface area (TPSA) is 128 Å². The summed E-state index contributed by atoms with van der Waals surface area (Å²) < 4.78 is 11.5. The van der Waals surface area contributed by atoms with Gasteiger partial charge in [-0.1, -0.05) is 41.0 Å². The van der Waals surface area contributed by atoms with E-state index < -0.39 is 17.8 Å². The van der Waals surface area contributed by atoms with Gasteiger partial charge in [-0.05, 0) is 35.0 Å². The predicted molar refractivity (Wildman–Crippen MR) is 109 cm³/mol. The first-order chi connectivity index (χ1) is 14.9. The molecule has 10 nitrogen and oxygen atoms in total. The molecule has 0 saturated carbocycles. The molecule has 1 aromatic heterocycles. The second-order valence-corrected chi connectivity index (χ2v) is 6.88. The fourth-order valence-electron chi connectivity index (χ4n) is 3.42. The fraction of sp³-hybridized carbons (Fsp3) is 0.190. The van der Waals surface area contributed by atoms with Gasteiger partial charge in [0.05, 0.1) is 19.8 Å². The zero-order chi connectivity index (χ0) is 22.1. The number of Topliss-reactive ketones (excluding diaryl/α,β-unsaturated/α-hetero) is 1. The third-order valence-electron chi connectivity index (χ3n) is 4.98. The summed E-state index contributed by atoms with van der Waals surface area (Å²) in [4.78, 5) is 26.2. The number of nitrogens with one attached hydrogen (secondary N) is 1. The van der Waals surface area contributed by atoms with Crippen LogP contribution in [0.1, 0.15) is 27.5 Å². The Balaban J connectivity index is 1.96. The standard InChI is InChI=1S/C21H19N5O5/c1-11-4-6-12(7-5-11)19(28)16-17(20(29)31-3)22-21-23-24-25-26(21)18(16)13-8-9-14(27)15(10-13)30-2/h4-10,18,27H,1-3H3,(H,22,23,25)/t18-/m0/s1. The van der Waals surface area contributed by atoms with Gasteiger partial charge in [-0.3, -0.25) is 4.79 Å². The first kappa shape index (κ1) is 20.1. The molecule has 1 aliphatic heterocycles. The molecular weight excluding hydrogens is 402 g/mol. The number of ketones is 1. The van der Waals surface area contributed by atoms with E-state index in [0.29, 0.717) is 11.1 Å². The van der Waals surface area contributed by atoms with Crippen LogP contribution < -0.4 is 10.1 Å². The minimum Gasteiger partial charge on any atom is -0.504 e. The fourth-order valence-corrected chi connectivity index (χ4v) is 3.42. The van der Waals surface area contributed by atoms with Crippen molar-refractivity contribution in [1.82, 2.24) is 20.2 Å². The molecule has 2 aromatic carbocycles. The zero-order valence-electron chi connectivity index (χ0n) is 17.0. The van der Waals surface area contributed by atoms with E-state index in [-0.39, 0.29) is 28.7 Å². The highest BCUT2D eigenvalue weighted by atomic mass is 16.5. The number of methoxy groups -OCH3 is 2. The highest BCUT2D eigenvalue weighted by molar-refractivity contribution is 6.14. The number of phenols is 1. The van der Waals surface area contributed by atoms with Gasteiger partial charge in [-0.25, -0.2) is 4.79 Å². The maximum atomic E-state index is 13.6. The summed E-state index contributed by atoms with van der Waals surface area (Å²) in [6.07, 6.45) is 0. The summed E-state index contributed by atoms with van der Waals surface area (Å²) in [6.45, 7) is 1.91. The van der Waals surface area contributed by atoms with Crippen molar-refractivity contribution in [1.29, 1.82) is 0 Å². The third kappa shape index (κ3) is 3.48. The molecule has 0 spiro atoms. The summed E-state index contributed by atoms with van der Waals surface area (Å²) in [5, 5.41) is 24.4. The number of hydrogen-bond donors (Lipinski definition) is 2. The Hall–Kier alpha value is -4.21. The van der Waals surface area contributed by atoms with Crippen LogP contribution in [0.3, 0.4) is 0 Å². The Kier molecular flexibility index (Phi) is 5.12. The minimum absolute atomic E-state index is 0.0626. The van der Waals surface area contributed by atoms with Gasteiger partial charge in [0.15, 0.2) is 17.3 Å².